The third-order valence-corrected chi connectivity index (χ3v) is 5.47. The quantitative estimate of drug-likeness (QED) is 0.659. The summed E-state index contributed by atoms with van der Waals surface area (Å²) in [6.07, 6.45) is 1.56. The van der Waals surface area contributed by atoms with Crippen LogP contribution in [0.5, 0.6) is 0 Å². The maximum Gasteiger partial charge on any atom is 0.193 e. The maximum absolute atomic E-state index is 11.0. The van der Waals surface area contributed by atoms with E-state index in [2.05, 4.69) is 0 Å². The number of benzene rings is 2. The fourth-order valence-corrected chi connectivity index (χ4v) is 4.25. The number of nitrogens with zero attached hydrogens (tertiary/aromatic N) is 2. The van der Waals surface area contributed by atoms with E-state index in [4.69, 9.17) is 0 Å². The Morgan fingerprint density at radius 3 is 1.62 bits per heavy atom. The van der Waals surface area contributed by atoms with Gasteiger partial charge in [-0.3, -0.25) is 0 Å². The van der Waals surface area contributed by atoms with Crippen LogP contribution in [0.2, 0.25) is 0 Å². The summed E-state index contributed by atoms with van der Waals surface area (Å²) in [6, 6.07) is 14.8. The molecular weight excluding hydrogens is 300 g/mol. The van der Waals surface area contributed by atoms with Crippen LogP contribution >= 0.6 is 0 Å². The zero-order valence-electron chi connectivity index (χ0n) is 13.5. The summed E-state index contributed by atoms with van der Waals surface area (Å²) in [5.41, 5.74) is 15.3. The van der Waals surface area contributed by atoms with Crippen molar-refractivity contribution in [2.75, 3.05) is 0 Å². The standard InChI is InChI=1S/C20H22N2O2/c21-22(19-15-7-3-1-5-13(15)9-11-17(19)23)20-16-8-4-2-6-14(16)10-12-18(20)24/h1-8,17-20,23-24H,9-12H2. The number of aliphatic hydroxyl groups excluding tert-OH is 2. The van der Waals surface area contributed by atoms with Gasteiger partial charge < -0.3 is 20.4 Å². The molecule has 4 heteroatoms. The molecule has 2 aliphatic carbocycles. The van der Waals surface area contributed by atoms with Crippen molar-refractivity contribution in [2.45, 2.75) is 50.0 Å². The van der Waals surface area contributed by atoms with Crippen molar-refractivity contribution in [2.24, 2.45) is 0 Å². The first kappa shape index (κ1) is 15.5. The van der Waals surface area contributed by atoms with E-state index in [1.54, 1.807) is 0 Å². The second-order valence-corrected chi connectivity index (χ2v) is 6.88. The molecular formula is C20H22N2O2. The average molecular weight is 322 g/mol. The smallest absolute Gasteiger partial charge is 0.193 e. The van der Waals surface area contributed by atoms with Gasteiger partial charge in [0.1, 0.15) is 12.2 Å². The summed E-state index contributed by atoms with van der Waals surface area (Å²) in [5.74, 6) is 0. The lowest BCUT2D eigenvalue weighted by Gasteiger charge is -2.37. The van der Waals surface area contributed by atoms with Crippen LogP contribution in [0.1, 0.15) is 47.2 Å². The number of aliphatic hydroxyl groups is 2. The summed E-state index contributed by atoms with van der Waals surface area (Å²) >= 11 is 0. The summed E-state index contributed by atoms with van der Waals surface area (Å²) < 4.78 is 1.20. The number of hydrogen-bond donors (Lipinski definition) is 2. The van der Waals surface area contributed by atoms with Crippen molar-refractivity contribution in [1.29, 1.82) is 0 Å². The van der Waals surface area contributed by atoms with Crippen LogP contribution in [0.15, 0.2) is 48.5 Å². The minimum atomic E-state index is -0.647. The van der Waals surface area contributed by atoms with E-state index in [9.17, 15) is 15.7 Å². The summed E-state index contributed by atoms with van der Waals surface area (Å²) in [4.78, 5) is 0. The Balaban J connectivity index is 1.76. The Bertz CT molecular complexity index is 710. The van der Waals surface area contributed by atoms with Gasteiger partial charge in [-0.1, -0.05) is 48.5 Å². The lowest BCUT2D eigenvalue weighted by molar-refractivity contribution is -0.651. The van der Waals surface area contributed by atoms with Crippen LogP contribution in [0.4, 0.5) is 0 Å². The highest BCUT2D eigenvalue weighted by molar-refractivity contribution is 5.34. The Hall–Kier alpha value is -2.04. The molecule has 0 heterocycles. The van der Waals surface area contributed by atoms with Crippen LogP contribution < -0.4 is 0 Å². The molecule has 0 aliphatic heterocycles. The molecule has 4 unspecified atom stereocenters. The van der Waals surface area contributed by atoms with E-state index >= 15 is 0 Å². The molecule has 2 aliphatic rings. The SMILES string of the molecule is [N-]=[N+](C1c2ccccc2CCC1O)C1c2ccccc2CCC1O. The molecule has 4 atom stereocenters. The molecule has 0 bridgehead atoms. The van der Waals surface area contributed by atoms with E-state index < -0.39 is 24.3 Å². The molecule has 0 spiro atoms. The first-order valence-electron chi connectivity index (χ1n) is 8.66. The first-order chi connectivity index (χ1) is 11.7. The Labute approximate surface area is 141 Å². The monoisotopic (exact) mass is 322 g/mol. The number of hydrogen-bond acceptors (Lipinski definition) is 2. The molecule has 4 nitrogen and oxygen atoms in total. The van der Waals surface area contributed by atoms with Crippen LogP contribution in [-0.4, -0.2) is 27.1 Å². The van der Waals surface area contributed by atoms with Crippen LogP contribution in [0.25, 0.3) is 5.53 Å². The van der Waals surface area contributed by atoms with Crippen molar-refractivity contribution in [3.8, 4) is 0 Å². The minimum absolute atomic E-state index is 0.513. The van der Waals surface area contributed by atoms with Gasteiger partial charge in [-0.15, -0.1) is 0 Å². The molecule has 0 amide bonds. The topological polar surface area (TPSA) is 65.8 Å². The average Bonchev–Trinajstić information content (AvgIpc) is 2.61. The van der Waals surface area contributed by atoms with Gasteiger partial charge in [0.25, 0.3) is 0 Å². The van der Waals surface area contributed by atoms with Crippen LogP contribution in [-0.2, 0) is 12.8 Å². The second-order valence-electron chi connectivity index (χ2n) is 6.88. The fourth-order valence-electron chi connectivity index (χ4n) is 4.25. The van der Waals surface area contributed by atoms with Gasteiger partial charge in [-0.05, 0) is 36.8 Å². The van der Waals surface area contributed by atoms with Crippen molar-refractivity contribution < 1.29 is 14.9 Å². The van der Waals surface area contributed by atoms with E-state index in [0.29, 0.717) is 12.8 Å². The predicted molar refractivity (Wildman–Crippen MR) is 90.6 cm³/mol. The molecule has 0 aromatic heterocycles. The van der Waals surface area contributed by atoms with Gasteiger partial charge in [0.05, 0.1) is 0 Å². The summed E-state index contributed by atoms with van der Waals surface area (Å²) in [5, 5.41) is 21.1. The number of fused-ring (bicyclic) bond motifs is 2. The molecule has 24 heavy (non-hydrogen) atoms. The van der Waals surface area contributed by atoms with E-state index in [1.807, 2.05) is 48.5 Å². The normalized spacial score (nSPS) is 28.8. The summed E-state index contributed by atoms with van der Waals surface area (Å²) in [6.45, 7) is 0. The Morgan fingerprint density at radius 2 is 1.17 bits per heavy atom. The molecule has 4 rings (SSSR count). The van der Waals surface area contributed by atoms with E-state index in [0.717, 1.165) is 35.1 Å². The van der Waals surface area contributed by atoms with E-state index in [-0.39, 0.29) is 0 Å². The lowest BCUT2D eigenvalue weighted by atomic mass is 9.81. The highest BCUT2D eigenvalue weighted by atomic mass is 16.3. The molecule has 0 saturated heterocycles. The number of rotatable bonds is 2. The Kier molecular flexibility index (Phi) is 3.94. The van der Waals surface area contributed by atoms with Crippen molar-refractivity contribution >= 4 is 0 Å². The van der Waals surface area contributed by atoms with Crippen molar-refractivity contribution in [1.82, 2.24) is 0 Å². The second kappa shape index (κ2) is 6.11. The van der Waals surface area contributed by atoms with Gasteiger partial charge in [-0.2, -0.15) is 0 Å². The maximum atomic E-state index is 11.0. The molecule has 0 radical (unpaired) electrons. The Morgan fingerprint density at radius 1 is 0.750 bits per heavy atom. The van der Waals surface area contributed by atoms with E-state index in [1.165, 1.54) is 4.70 Å². The summed E-state index contributed by atoms with van der Waals surface area (Å²) in [7, 11) is 0. The van der Waals surface area contributed by atoms with Gasteiger partial charge in [0.15, 0.2) is 12.1 Å². The molecule has 2 aromatic rings. The van der Waals surface area contributed by atoms with Crippen LogP contribution in [0.3, 0.4) is 0 Å². The number of aryl methyl sites for hydroxylation is 2. The largest absolute Gasteiger partial charge is 0.506 e. The third-order valence-electron chi connectivity index (χ3n) is 5.47. The zero-order chi connectivity index (χ0) is 16.7. The minimum Gasteiger partial charge on any atom is -0.506 e. The molecule has 0 saturated carbocycles. The van der Waals surface area contributed by atoms with Gasteiger partial charge in [-0.25, -0.2) is 0 Å². The van der Waals surface area contributed by atoms with Crippen molar-refractivity contribution in [3.05, 3.63) is 76.3 Å². The van der Waals surface area contributed by atoms with Crippen LogP contribution in [0, 0.1) is 0 Å². The van der Waals surface area contributed by atoms with Gasteiger partial charge in [0, 0.05) is 11.1 Å². The van der Waals surface area contributed by atoms with Gasteiger partial charge >= 0.3 is 0 Å². The third kappa shape index (κ3) is 2.46. The highest BCUT2D eigenvalue weighted by Crippen LogP contribution is 2.40. The molecule has 0 fully saturated rings. The van der Waals surface area contributed by atoms with Crippen molar-refractivity contribution in [3.63, 3.8) is 0 Å². The molecule has 124 valence electrons. The lowest BCUT2D eigenvalue weighted by Crippen LogP contribution is -2.40. The van der Waals surface area contributed by atoms with Gasteiger partial charge in [0.2, 0.25) is 0 Å². The highest BCUT2D eigenvalue weighted by Gasteiger charge is 2.42. The zero-order valence-corrected chi connectivity index (χ0v) is 13.5. The first-order valence-corrected chi connectivity index (χ1v) is 8.66. The predicted octanol–water partition coefficient (Wildman–Crippen LogP) is 3.12. The molecule has 2 N–H and O–H groups in total. The molecule has 2 aromatic carbocycles. The fraction of sp³-hybridized carbons (Fsp3) is 0.400.